The van der Waals surface area contributed by atoms with Crippen molar-refractivity contribution in [2.24, 2.45) is 0 Å². The number of β-amino-alcohol motifs (C(OH)–C–C–N with tert-alkyl or cyclic N) is 1. The Hall–Kier alpha value is -1.75. The fraction of sp³-hybridized carbons (Fsp3) is 0.417. The van der Waals surface area contributed by atoms with Crippen molar-refractivity contribution < 1.29 is 19.4 Å². The SMILES string of the molecule is O=C1O[C@H](COc2ccccc2)CN1CCO. The zero-order valence-corrected chi connectivity index (χ0v) is 9.41. The van der Waals surface area contributed by atoms with E-state index in [0.29, 0.717) is 19.7 Å². The van der Waals surface area contributed by atoms with Crippen LogP contribution in [0.1, 0.15) is 0 Å². The largest absolute Gasteiger partial charge is 0.490 e. The first-order chi connectivity index (χ1) is 8.29. The molecule has 1 heterocycles. The molecule has 17 heavy (non-hydrogen) atoms. The van der Waals surface area contributed by atoms with E-state index >= 15 is 0 Å². The predicted molar refractivity (Wildman–Crippen MR) is 60.9 cm³/mol. The summed E-state index contributed by atoms with van der Waals surface area (Å²) in [5.74, 6) is 0.754. The summed E-state index contributed by atoms with van der Waals surface area (Å²) in [6.07, 6.45) is -0.657. The summed E-state index contributed by atoms with van der Waals surface area (Å²) in [4.78, 5) is 12.8. The van der Waals surface area contributed by atoms with Gasteiger partial charge in [-0.2, -0.15) is 0 Å². The van der Waals surface area contributed by atoms with Gasteiger partial charge in [-0.05, 0) is 12.1 Å². The number of rotatable bonds is 5. The highest BCUT2D eigenvalue weighted by Crippen LogP contribution is 2.14. The number of ether oxygens (including phenoxy) is 2. The minimum atomic E-state index is -0.388. The van der Waals surface area contributed by atoms with Gasteiger partial charge in [-0.1, -0.05) is 18.2 Å². The quantitative estimate of drug-likeness (QED) is 0.825. The molecule has 0 unspecified atom stereocenters. The molecule has 5 nitrogen and oxygen atoms in total. The second kappa shape index (κ2) is 5.54. The number of benzene rings is 1. The van der Waals surface area contributed by atoms with Gasteiger partial charge in [0.05, 0.1) is 13.2 Å². The van der Waals surface area contributed by atoms with Crippen molar-refractivity contribution in [1.82, 2.24) is 4.90 Å². The minimum absolute atomic E-state index is 0.0542. The van der Waals surface area contributed by atoms with E-state index in [4.69, 9.17) is 14.6 Å². The van der Waals surface area contributed by atoms with Crippen molar-refractivity contribution in [2.75, 3.05) is 26.3 Å². The zero-order chi connectivity index (χ0) is 12.1. The lowest BCUT2D eigenvalue weighted by molar-refractivity contribution is 0.102. The fourth-order valence-corrected chi connectivity index (χ4v) is 1.67. The van der Waals surface area contributed by atoms with Gasteiger partial charge >= 0.3 is 6.09 Å². The topological polar surface area (TPSA) is 59.0 Å². The number of para-hydroxylation sites is 1. The van der Waals surface area contributed by atoms with Gasteiger partial charge in [-0.25, -0.2) is 4.79 Å². The molecule has 0 bridgehead atoms. The third kappa shape index (κ3) is 3.10. The van der Waals surface area contributed by atoms with Crippen molar-refractivity contribution in [3.8, 4) is 5.75 Å². The van der Waals surface area contributed by atoms with Gasteiger partial charge < -0.3 is 19.5 Å². The average molecular weight is 237 g/mol. The van der Waals surface area contributed by atoms with E-state index in [-0.39, 0.29) is 18.8 Å². The Morgan fingerprint density at radius 3 is 2.88 bits per heavy atom. The van der Waals surface area contributed by atoms with Crippen LogP contribution in [-0.4, -0.2) is 48.5 Å². The average Bonchev–Trinajstić information content (AvgIpc) is 2.70. The van der Waals surface area contributed by atoms with Crippen molar-refractivity contribution in [3.63, 3.8) is 0 Å². The monoisotopic (exact) mass is 237 g/mol. The maximum Gasteiger partial charge on any atom is 0.410 e. The second-order valence-corrected chi connectivity index (χ2v) is 3.80. The molecule has 1 N–H and O–H groups in total. The zero-order valence-electron chi connectivity index (χ0n) is 9.41. The molecule has 1 atom stereocenters. The van der Waals surface area contributed by atoms with Gasteiger partial charge in [0, 0.05) is 6.54 Å². The molecule has 5 heteroatoms. The Morgan fingerprint density at radius 2 is 2.18 bits per heavy atom. The van der Waals surface area contributed by atoms with E-state index in [1.807, 2.05) is 30.3 Å². The molecule has 1 fully saturated rings. The maximum atomic E-state index is 11.3. The molecule has 1 saturated heterocycles. The Balaban J connectivity index is 1.80. The molecule has 0 aliphatic carbocycles. The number of amides is 1. The van der Waals surface area contributed by atoms with Crippen molar-refractivity contribution in [2.45, 2.75) is 6.10 Å². The van der Waals surface area contributed by atoms with E-state index in [2.05, 4.69) is 0 Å². The summed E-state index contributed by atoms with van der Waals surface area (Å²) < 4.78 is 10.6. The Kier molecular flexibility index (Phi) is 3.82. The lowest BCUT2D eigenvalue weighted by Crippen LogP contribution is -2.29. The van der Waals surface area contributed by atoms with E-state index in [1.165, 1.54) is 4.90 Å². The number of cyclic esters (lactones) is 1. The lowest BCUT2D eigenvalue weighted by Gasteiger charge is -2.11. The fourth-order valence-electron chi connectivity index (χ4n) is 1.67. The highest BCUT2D eigenvalue weighted by atomic mass is 16.6. The van der Waals surface area contributed by atoms with Gasteiger partial charge in [0.2, 0.25) is 0 Å². The van der Waals surface area contributed by atoms with Crippen molar-refractivity contribution in [1.29, 1.82) is 0 Å². The number of aliphatic hydroxyl groups excluding tert-OH is 1. The molecular formula is C12H15NO4. The number of carbonyl (C=O) groups excluding carboxylic acids is 1. The summed E-state index contributed by atoms with van der Waals surface area (Å²) in [7, 11) is 0. The Labute approximate surface area is 99.6 Å². The summed E-state index contributed by atoms with van der Waals surface area (Å²) in [5.41, 5.74) is 0. The normalized spacial score (nSPS) is 19.2. The molecule has 2 rings (SSSR count). The van der Waals surface area contributed by atoms with Crippen LogP contribution in [-0.2, 0) is 4.74 Å². The van der Waals surface area contributed by atoms with E-state index in [1.54, 1.807) is 0 Å². The summed E-state index contributed by atoms with van der Waals surface area (Å²) in [5, 5.41) is 8.76. The first kappa shape index (κ1) is 11.7. The number of hydrogen-bond donors (Lipinski definition) is 1. The van der Waals surface area contributed by atoms with E-state index in [9.17, 15) is 4.79 Å². The third-order valence-corrected chi connectivity index (χ3v) is 2.50. The van der Waals surface area contributed by atoms with Crippen LogP contribution in [0.25, 0.3) is 0 Å². The smallest absolute Gasteiger partial charge is 0.410 e. The van der Waals surface area contributed by atoms with Gasteiger partial charge in [0.15, 0.2) is 6.10 Å². The molecule has 1 aromatic rings. The van der Waals surface area contributed by atoms with E-state index in [0.717, 1.165) is 5.75 Å². The van der Waals surface area contributed by atoms with Crippen LogP contribution in [0.4, 0.5) is 4.79 Å². The van der Waals surface area contributed by atoms with Crippen LogP contribution in [0, 0.1) is 0 Å². The summed E-state index contributed by atoms with van der Waals surface area (Å²) >= 11 is 0. The summed E-state index contributed by atoms with van der Waals surface area (Å²) in [6.45, 7) is 1.05. The lowest BCUT2D eigenvalue weighted by atomic mass is 10.3. The standard InChI is InChI=1S/C12H15NO4/c14-7-6-13-8-11(17-12(13)15)9-16-10-4-2-1-3-5-10/h1-5,11,14H,6-9H2/t11-/m0/s1. The van der Waals surface area contributed by atoms with Crippen LogP contribution in [0.3, 0.4) is 0 Å². The highest BCUT2D eigenvalue weighted by molar-refractivity contribution is 5.69. The van der Waals surface area contributed by atoms with Crippen LogP contribution < -0.4 is 4.74 Å². The number of aliphatic hydroxyl groups is 1. The molecule has 0 spiro atoms. The van der Waals surface area contributed by atoms with Gasteiger partial charge in [0.25, 0.3) is 0 Å². The molecule has 92 valence electrons. The van der Waals surface area contributed by atoms with E-state index < -0.39 is 0 Å². The number of nitrogens with zero attached hydrogens (tertiary/aromatic N) is 1. The second-order valence-electron chi connectivity index (χ2n) is 3.80. The van der Waals surface area contributed by atoms with Crippen molar-refractivity contribution in [3.05, 3.63) is 30.3 Å². The number of carbonyl (C=O) groups is 1. The molecule has 1 aliphatic rings. The molecular weight excluding hydrogens is 222 g/mol. The Bertz CT molecular complexity index is 368. The molecule has 1 aromatic carbocycles. The maximum absolute atomic E-state index is 11.3. The first-order valence-corrected chi connectivity index (χ1v) is 5.54. The van der Waals surface area contributed by atoms with Crippen LogP contribution in [0.15, 0.2) is 30.3 Å². The summed E-state index contributed by atoms with van der Waals surface area (Å²) in [6, 6.07) is 9.37. The van der Waals surface area contributed by atoms with Crippen LogP contribution in [0.2, 0.25) is 0 Å². The number of hydrogen-bond acceptors (Lipinski definition) is 4. The molecule has 0 radical (unpaired) electrons. The van der Waals surface area contributed by atoms with Gasteiger partial charge in [0.1, 0.15) is 12.4 Å². The minimum Gasteiger partial charge on any atom is -0.490 e. The van der Waals surface area contributed by atoms with Crippen molar-refractivity contribution >= 4 is 6.09 Å². The van der Waals surface area contributed by atoms with Crippen LogP contribution in [0.5, 0.6) is 5.75 Å². The van der Waals surface area contributed by atoms with Crippen LogP contribution >= 0.6 is 0 Å². The first-order valence-electron chi connectivity index (χ1n) is 5.54. The predicted octanol–water partition coefficient (Wildman–Crippen LogP) is 0.878. The molecule has 0 saturated carbocycles. The molecule has 1 aliphatic heterocycles. The van der Waals surface area contributed by atoms with Gasteiger partial charge in [-0.15, -0.1) is 0 Å². The molecule has 0 aromatic heterocycles. The third-order valence-electron chi connectivity index (χ3n) is 2.50. The Morgan fingerprint density at radius 1 is 1.41 bits per heavy atom. The highest BCUT2D eigenvalue weighted by Gasteiger charge is 2.31. The molecule has 1 amide bonds. The van der Waals surface area contributed by atoms with Gasteiger partial charge in [-0.3, -0.25) is 0 Å².